The molecule has 2 aliphatic rings. The molecule has 3 amide bonds. The van der Waals surface area contributed by atoms with Gasteiger partial charge in [0.15, 0.2) is 17.0 Å². The molecule has 0 saturated carbocycles. The molecule has 0 spiro atoms. The number of amides is 3. The Morgan fingerprint density at radius 2 is 1.79 bits per heavy atom. The number of hydrogen-bond acceptors (Lipinski definition) is 4. The average molecular weight is 524 g/mol. The number of imide groups is 1. The van der Waals surface area contributed by atoms with Gasteiger partial charge in [-0.1, -0.05) is 43.3 Å². The highest BCUT2D eigenvalue weighted by atomic mass is 16.5. The summed E-state index contributed by atoms with van der Waals surface area (Å²) in [5.41, 5.74) is 4.17. The Bertz CT molecular complexity index is 1590. The van der Waals surface area contributed by atoms with Gasteiger partial charge in [0.1, 0.15) is 0 Å². The second-order valence-electron chi connectivity index (χ2n) is 10.4. The maximum atomic E-state index is 14.2. The third-order valence-corrected chi connectivity index (χ3v) is 7.92. The molecule has 1 unspecified atom stereocenters. The van der Waals surface area contributed by atoms with Gasteiger partial charge in [0, 0.05) is 23.4 Å². The molecule has 39 heavy (non-hydrogen) atoms. The molecule has 1 N–H and O–H groups in total. The summed E-state index contributed by atoms with van der Waals surface area (Å²) in [5.74, 6) is 0.976. The fourth-order valence-corrected chi connectivity index (χ4v) is 6.03. The third-order valence-electron chi connectivity index (χ3n) is 7.92. The van der Waals surface area contributed by atoms with E-state index >= 15 is 0 Å². The summed E-state index contributed by atoms with van der Waals surface area (Å²) >= 11 is 0. The van der Waals surface area contributed by atoms with Crippen LogP contribution in [0.15, 0.2) is 66.7 Å². The van der Waals surface area contributed by atoms with E-state index in [1.165, 1.54) is 4.90 Å². The number of nitrogens with zero attached hydrogens (tertiary/aromatic N) is 2. The smallest absolute Gasteiger partial charge is 0.332 e. The minimum absolute atomic E-state index is 0.169. The third kappa shape index (κ3) is 3.79. The van der Waals surface area contributed by atoms with Crippen molar-refractivity contribution in [2.45, 2.75) is 45.6 Å². The van der Waals surface area contributed by atoms with Gasteiger partial charge in [0.25, 0.3) is 5.91 Å². The Labute approximate surface area is 228 Å². The predicted octanol–water partition coefficient (Wildman–Crippen LogP) is 6.49. The van der Waals surface area contributed by atoms with Crippen LogP contribution in [-0.4, -0.2) is 41.6 Å². The van der Waals surface area contributed by atoms with Gasteiger partial charge >= 0.3 is 6.03 Å². The molecule has 4 aromatic rings. The van der Waals surface area contributed by atoms with E-state index in [1.807, 2.05) is 81.4 Å². The highest BCUT2D eigenvalue weighted by Crippen LogP contribution is 2.51. The van der Waals surface area contributed by atoms with Gasteiger partial charge in [-0.25, -0.2) is 9.69 Å². The number of H-pyrrole nitrogens is 1. The number of para-hydroxylation sites is 1. The molecule has 1 saturated heterocycles. The SMILES string of the molecule is CCCOc1ccc(C2CN3C(=O)N(c4cccc(C)c4)C(=O)[C@]3(C)c3[nH]c4ccccc4c32)cc1OCC. The predicted molar refractivity (Wildman–Crippen MR) is 152 cm³/mol. The Balaban J connectivity index is 1.52. The number of benzene rings is 3. The second kappa shape index (κ2) is 9.49. The van der Waals surface area contributed by atoms with Crippen LogP contribution in [-0.2, 0) is 10.3 Å². The fraction of sp³-hybridized carbons (Fsp3) is 0.312. The Morgan fingerprint density at radius 3 is 2.56 bits per heavy atom. The zero-order valence-electron chi connectivity index (χ0n) is 22.8. The van der Waals surface area contributed by atoms with Crippen LogP contribution >= 0.6 is 0 Å². The lowest BCUT2D eigenvalue weighted by molar-refractivity contribution is -0.125. The number of aromatic amines is 1. The maximum absolute atomic E-state index is 14.2. The molecule has 6 rings (SSSR count). The van der Waals surface area contributed by atoms with Crippen LogP contribution in [0.5, 0.6) is 11.5 Å². The molecular formula is C32H33N3O4. The number of carbonyl (C=O) groups is 2. The van der Waals surface area contributed by atoms with Gasteiger partial charge in [0.05, 0.1) is 24.6 Å². The van der Waals surface area contributed by atoms with Crippen LogP contribution in [0.25, 0.3) is 10.9 Å². The molecule has 1 aromatic heterocycles. The summed E-state index contributed by atoms with van der Waals surface area (Å²) in [6.07, 6.45) is 0.899. The molecular weight excluding hydrogens is 490 g/mol. The molecule has 7 heteroatoms. The lowest BCUT2D eigenvalue weighted by atomic mass is 9.78. The maximum Gasteiger partial charge on any atom is 0.332 e. The Morgan fingerprint density at radius 1 is 0.974 bits per heavy atom. The van der Waals surface area contributed by atoms with E-state index in [0.29, 0.717) is 36.9 Å². The van der Waals surface area contributed by atoms with Crippen molar-refractivity contribution < 1.29 is 19.1 Å². The Hall–Kier alpha value is -4.26. The second-order valence-corrected chi connectivity index (χ2v) is 10.4. The molecule has 0 radical (unpaired) electrons. The van der Waals surface area contributed by atoms with Gasteiger partial charge in [0.2, 0.25) is 0 Å². The number of ether oxygens (including phenoxy) is 2. The van der Waals surface area contributed by atoms with Crippen LogP contribution in [0.1, 0.15) is 55.5 Å². The zero-order chi connectivity index (χ0) is 27.3. The summed E-state index contributed by atoms with van der Waals surface area (Å²) in [7, 11) is 0. The summed E-state index contributed by atoms with van der Waals surface area (Å²) < 4.78 is 11.9. The number of carbonyl (C=O) groups excluding carboxylic acids is 2. The molecule has 0 aliphatic carbocycles. The van der Waals surface area contributed by atoms with Crippen molar-refractivity contribution in [1.82, 2.24) is 9.88 Å². The minimum atomic E-state index is -1.15. The van der Waals surface area contributed by atoms with Crippen molar-refractivity contribution in [3.63, 3.8) is 0 Å². The average Bonchev–Trinajstić information content (AvgIpc) is 3.42. The van der Waals surface area contributed by atoms with Crippen LogP contribution < -0.4 is 14.4 Å². The number of aryl methyl sites for hydroxylation is 1. The molecule has 2 aliphatic heterocycles. The van der Waals surface area contributed by atoms with Crippen LogP contribution in [0, 0.1) is 6.92 Å². The summed E-state index contributed by atoms with van der Waals surface area (Å²) in [6, 6.07) is 21.3. The fourth-order valence-electron chi connectivity index (χ4n) is 6.03. The first-order valence-electron chi connectivity index (χ1n) is 13.6. The molecule has 7 nitrogen and oxygen atoms in total. The van der Waals surface area contributed by atoms with E-state index in [4.69, 9.17) is 9.47 Å². The first kappa shape index (κ1) is 25.0. The van der Waals surface area contributed by atoms with E-state index < -0.39 is 5.54 Å². The van der Waals surface area contributed by atoms with Gasteiger partial charge < -0.3 is 19.4 Å². The van der Waals surface area contributed by atoms with Crippen molar-refractivity contribution in [2.75, 3.05) is 24.7 Å². The van der Waals surface area contributed by atoms with Crippen LogP contribution in [0.2, 0.25) is 0 Å². The van der Waals surface area contributed by atoms with Gasteiger partial charge in [-0.05, 0) is 74.2 Å². The first-order valence-corrected chi connectivity index (χ1v) is 13.6. The van der Waals surface area contributed by atoms with E-state index in [2.05, 4.69) is 18.0 Å². The summed E-state index contributed by atoms with van der Waals surface area (Å²) in [4.78, 5) is 34.7. The molecule has 0 bridgehead atoms. The summed E-state index contributed by atoms with van der Waals surface area (Å²) in [5, 5.41) is 1.05. The number of nitrogens with one attached hydrogen (secondary N) is 1. The number of anilines is 1. The highest BCUT2D eigenvalue weighted by molar-refractivity contribution is 6.23. The largest absolute Gasteiger partial charge is 0.490 e. The van der Waals surface area contributed by atoms with Gasteiger partial charge in [-0.3, -0.25) is 4.79 Å². The van der Waals surface area contributed by atoms with Crippen LogP contribution in [0.3, 0.4) is 0 Å². The first-order chi connectivity index (χ1) is 18.9. The molecule has 3 aromatic carbocycles. The molecule has 200 valence electrons. The van der Waals surface area contributed by atoms with Crippen molar-refractivity contribution in [3.05, 3.63) is 89.1 Å². The Kier molecular flexibility index (Phi) is 6.09. The molecule has 2 atom stereocenters. The number of hydrogen-bond donors (Lipinski definition) is 1. The normalized spacial score (nSPS) is 20.4. The van der Waals surface area contributed by atoms with Crippen molar-refractivity contribution >= 4 is 28.5 Å². The number of urea groups is 1. The highest BCUT2D eigenvalue weighted by Gasteiger charge is 2.60. The quantitative estimate of drug-likeness (QED) is 0.281. The van der Waals surface area contributed by atoms with Gasteiger partial charge in [-0.2, -0.15) is 0 Å². The van der Waals surface area contributed by atoms with E-state index in [1.54, 1.807) is 4.90 Å². The standard InChI is InChI=1S/C32H33N3O4/c1-5-16-39-26-15-14-21(18-27(26)38-6-2)24-19-34-31(37)35(22-11-9-10-20(3)17-22)30(36)32(34,4)29-28(24)23-12-7-8-13-25(23)33-29/h7-15,17-18,24,33H,5-6,16,19H2,1-4H3/t24?,32-/m0/s1. The van der Waals surface area contributed by atoms with Crippen molar-refractivity contribution in [2.24, 2.45) is 0 Å². The lowest BCUT2D eigenvalue weighted by Crippen LogP contribution is -2.50. The zero-order valence-corrected chi connectivity index (χ0v) is 22.8. The number of fused-ring (bicyclic) bond motifs is 5. The van der Waals surface area contributed by atoms with E-state index in [9.17, 15) is 9.59 Å². The van der Waals surface area contributed by atoms with Crippen molar-refractivity contribution in [1.29, 1.82) is 0 Å². The molecule has 1 fully saturated rings. The number of aromatic nitrogens is 1. The molecule has 3 heterocycles. The van der Waals surface area contributed by atoms with Crippen LogP contribution in [0.4, 0.5) is 10.5 Å². The van der Waals surface area contributed by atoms with E-state index in [-0.39, 0.29) is 17.9 Å². The van der Waals surface area contributed by atoms with Gasteiger partial charge in [-0.15, -0.1) is 0 Å². The number of rotatable bonds is 7. The minimum Gasteiger partial charge on any atom is -0.490 e. The monoisotopic (exact) mass is 523 g/mol. The topological polar surface area (TPSA) is 74.9 Å². The van der Waals surface area contributed by atoms with Crippen molar-refractivity contribution in [3.8, 4) is 11.5 Å². The van der Waals surface area contributed by atoms with E-state index in [0.717, 1.165) is 39.7 Å². The summed E-state index contributed by atoms with van der Waals surface area (Å²) in [6.45, 7) is 9.32. The lowest BCUT2D eigenvalue weighted by Gasteiger charge is -2.40.